The van der Waals surface area contributed by atoms with Gasteiger partial charge in [-0.25, -0.2) is 0 Å². The zero-order valence-electron chi connectivity index (χ0n) is 10.9. The van der Waals surface area contributed by atoms with Gasteiger partial charge in [-0.05, 0) is 38.7 Å². The van der Waals surface area contributed by atoms with E-state index < -0.39 is 0 Å². The summed E-state index contributed by atoms with van der Waals surface area (Å²) in [6, 6.07) is 6.13. The van der Waals surface area contributed by atoms with Crippen LogP contribution in [0.2, 0.25) is 0 Å². The van der Waals surface area contributed by atoms with E-state index in [1.807, 2.05) is 25.1 Å². The Morgan fingerprint density at radius 1 is 1.39 bits per heavy atom. The molecule has 1 atom stereocenters. The fraction of sp³-hybridized carbons (Fsp3) is 0.600. The summed E-state index contributed by atoms with van der Waals surface area (Å²) in [5.74, 6) is 1.81. The molecule has 1 aromatic rings. The van der Waals surface area contributed by atoms with Crippen molar-refractivity contribution in [3.05, 3.63) is 23.8 Å². The van der Waals surface area contributed by atoms with Crippen molar-refractivity contribution >= 4 is 0 Å². The molecule has 1 aromatic carbocycles. The average molecular weight is 247 g/mol. The lowest BCUT2D eigenvalue weighted by atomic mass is 9.86. The van der Waals surface area contributed by atoms with Gasteiger partial charge in [0.2, 0.25) is 0 Å². The third-order valence-corrected chi connectivity index (χ3v) is 4.13. The Balaban J connectivity index is 1.92. The Kier molecular flexibility index (Phi) is 2.94. The molecule has 2 aliphatic rings. The highest BCUT2D eigenvalue weighted by Crippen LogP contribution is 2.47. The Morgan fingerprint density at radius 2 is 2.17 bits per heavy atom. The molecule has 0 saturated heterocycles. The topological polar surface area (TPSA) is 44.5 Å². The van der Waals surface area contributed by atoms with Gasteiger partial charge in [-0.15, -0.1) is 0 Å². The molecular weight excluding hydrogens is 226 g/mol. The van der Waals surface area contributed by atoms with Crippen LogP contribution in [0.1, 0.15) is 50.6 Å². The molecule has 2 N–H and O–H groups in total. The van der Waals surface area contributed by atoms with Crippen LogP contribution in [0.4, 0.5) is 0 Å². The van der Waals surface area contributed by atoms with Gasteiger partial charge in [0.1, 0.15) is 17.1 Å². The summed E-state index contributed by atoms with van der Waals surface area (Å²) in [6.07, 6.45) is 5.74. The average Bonchev–Trinajstić information content (AvgIpc) is 2.77. The van der Waals surface area contributed by atoms with Gasteiger partial charge in [-0.2, -0.15) is 0 Å². The van der Waals surface area contributed by atoms with Crippen LogP contribution in [0.25, 0.3) is 0 Å². The molecule has 0 aromatic heterocycles. The van der Waals surface area contributed by atoms with E-state index in [-0.39, 0.29) is 11.6 Å². The number of benzene rings is 1. The van der Waals surface area contributed by atoms with Crippen LogP contribution in [0.5, 0.6) is 11.5 Å². The Hall–Kier alpha value is -1.22. The summed E-state index contributed by atoms with van der Waals surface area (Å²) >= 11 is 0. The third-order valence-electron chi connectivity index (χ3n) is 4.13. The summed E-state index contributed by atoms with van der Waals surface area (Å²) < 4.78 is 11.8. The lowest BCUT2D eigenvalue weighted by Crippen LogP contribution is -2.40. The lowest BCUT2D eigenvalue weighted by Gasteiger charge is -2.38. The molecule has 0 bridgehead atoms. The van der Waals surface area contributed by atoms with Crippen molar-refractivity contribution < 1.29 is 9.47 Å². The predicted molar refractivity (Wildman–Crippen MR) is 71.0 cm³/mol. The second-order valence-corrected chi connectivity index (χ2v) is 5.44. The fourth-order valence-electron chi connectivity index (χ4n) is 3.28. The van der Waals surface area contributed by atoms with Crippen molar-refractivity contribution in [3.63, 3.8) is 0 Å². The maximum Gasteiger partial charge on any atom is 0.128 e. The van der Waals surface area contributed by atoms with E-state index in [0.29, 0.717) is 6.61 Å². The SMILES string of the molecule is CCOc1ccc2c(c1)OC1(CCCC1)CC2N. The highest BCUT2D eigenvalue weighted by Gasteiger charge is 2.42. The molecule has 1 aliphatic heterocycles. The summed E-state index contributed by atoms with van der Waals surface area (Å²) in [6.45, 7) is 2.67. The molecule has 3 heteroatoms. The van der Waals surface area contributed by atoms with Gasteiger partial charge in [-0.1, -0.05) is 6.07 Å². The molecule has 0 radical (unpaired) electrons. The van der Waals surface area contributed by atoms with Gasteiger partial charge in [0.15, 0.2) is 0 Å². The predicted octanol–water partition coefficient (Wildman–Crippen LogP) is 3.18. The molecule has 18 heavy (non-hydrogen) atoms. The molecule has 0 amide bonds. The smallest absolute Gasteiger partial charge is 0.128 e. The Labute approximate surface area is 108 Å². The first-order valence-corrected chi connectivity index (χ1v) is 6.94. The number of hydrogen-bond donors (Lipinski definition) is 1. The molecule has 1 aliphatic carbocycles. The van der Waals surface area contributed by atoms with Crippen molar-refractivity contribution in [2.45, 2.75) is 50.7 Å². The van der Waals surface area contributed by atoms with Crippen LogP contribution in [-0.2, 0) is 0 Å². The number of rotatable bonds is 2. The molecule has 98 valence electrons. The first-order chi connectivity index (χ1) is 8.72. The molecule has 1 unspecified atom stereocenters. The molecular formula is C15H21NO2. The van der Waals surface area contributed by atoms with Crippen molar-refractivity contribution in [1.82, 2.24) is 0 Å². The van der Waals surface area contributed by atoms with Crippen LogP contribution >= 0.6 is 0 Å². The summed E-state index contributed by atoms with van der Waals surface area (Å²) in [5, 5.41) is 0. The Morgan fingerprint density at radius 3 is 2.89 bits per heavy atom. The van der Waals surface area contributed by atoms with Gasteiger partial charge in [-0.3, -0.25) is 0 Å². The van der Waals surface area contributed by atoms with Crippen LogP contribution in [0, 0.1) is 0 Å². The van der Waals surface area contributed by atoms with Crippen molar-refractivity contribution in [2.24, 2.45) is 5.73 Å². The van der Waals surface area contributed by atoms with Gasteiger partial charge in [0.05, 0.1) is 6.61 Å². The highest BCUT2D eigenvalue weighted by molar-refractivity contribution is 5.44. The number of hydrogen-bond acceptors (Lipinski definition) is 3. The maximum absolute atomic E-state index is 6.30. The van der Waals surface area contributed by atoms with Crippen molar-refractivity contribution in [2.75, 3.05) is 6.61 Å². The summed E-state index contributed by atoms with van der Waals surface area (Å²) in [7, 11) is 0. The monoisotopic (exact) mass is 247 g/mol. The van der Waals surface area contributed by atoms with Gasteiger partial charge in [0.25, 0.3) is 0 Å². The third kappa shape index (κ3) is 1.97. The van der Waals surface area contributed by atoms with Crippen molar-refractivity contribution in [3.8, 4) is 11.5 Å². The van der Waals surface area contributed by atoms with E-state index in [2.05, 4.69) is 0 Å². The normalized spacial score (nSPS) is 24.7. The van der Waals surface area contributed by atoms with Crippen LogP contribution in [0.15, 0.2) is 18.2 Å². The van der Waals surface area contributed by atoms with Gasteiger partial charge >= 0.3 is 0 Å². The number of fused-ring (bicyclic) bond motifs is 1. The zero-order valence-corrected chi connectivity index (χ0v) is 10.9. The fourth-order valence-corrected chi connectivity index (χ4v) is 3.28. The first kappa shape index (κ1) is 11.8. The largest absolute Gasteiger partial charge is 0.494 e. The minimum absolute atomic E-state index is 0.00272. The lowest BCUT2D eigenvalue weighted by molar-refractivity contribution is 0.0423. The van der Waals surface area contributed by atoms with E-state index in [1.54, 1.807) is 0 Å². The Bertz CT molecular complexity index is 438. The highest BCUT2D eigenvalue weighted by atomic mass is 16.5. The summed E-state index contributed by atoms with van der Waals surface area (Å²) in [4.78, 5) is 0. The van der Waals surface area contributed by atoms with Crippen LogP contribution in [-0.4, -0.2) is 12.2 Å². The van der Waals surface area contributed by atoms with E-state index in [9.17, 15) is 0 Å². The van der Waals surface area contributed by atoms with E-state index in [0.717, 1.165) is 36.3 Å². The molecule has 1 fully saturated rings. The van der Waals surface area contributed by atoms with Gasteiger partial charge in [0, 0.05) is 24.1 Å². The number of ether oxygens (including phenoxy) is 2. The first-order valence-electron chi connectivity index (χ1n) is 6.94. The van der Waals surface area contributed by atoms with E-state index >= 15 is 0 Å². The second-order valence-electron chi connectivity index (χ2n) is 5.44. The number of nitrogens with two attached hydrogens (primary N) is 1. The minimum Gasteiger partial charge on any atom is -0.494 e. The maximum atomic E-state index is 6.30. The zero-order chi connectivity index (χ0) is 12.6. The molecule has 1 spiro atoms. The molecule has 1 heterocycles. The second kappa shape index (κ2) is 4.47. The minimum atomic E-state index is -0.00272. The van der Waals surface area contributed by atoms with Crippen LogP contribution in [0.3, 0.4) is 0 Å². The van der Waals surface area contributed by atoms with Crippen molar-refractivity contribution in [1.29, 1.82) is 0 Å². The van der Waals surface area contributed by atoms with E-state index in [1.165, 1.54) is 12.8 Å². The summed E-state index contributed by atoms with van der Waals surface area (Å²) in [5.41, 5.74) is 7.42. The van der Waals surface area contributed by atoms with Crippen LogP contribution < -0.4 is 15.2 Å². The molecule has 3 rings (SSSR count). The van der Waals surface area contributed by atoms with Gasteiger partial charge < -0.3 is 15.2 Å². The quantitative estimate of drug-likeness (QED) is 0.873. The molecule has 3 nitrogen and oxygen atoms in total. The standard InChI is InChI=1S/C15H21NO2/c1-2-17-11-5-6-12-13(16)10-15(7-3-4-8-15)18-14(12)9-11/h5-6,9,13H,2-4,7-8,10,16H2,1H3. The van der Waals surface area contributed by atoms with E-state index in [4.69, 9.17) is 15.2 Å². The molecule has 1 saturated carbocycles.